The van der Waals surface area contributed by atoms with E-state index in [0.29, 0.717) is 30.8 Å². The van der Waals surface area contributed by atoms with E-state index in [1.807, 2.05) is 0 Å². The molecular formula is C35H56O5. The first-order valence-electron chi connectivity index (χ1n) is 16.4. The highest BCUT2D eigenvalue weighted by Crippen LogP contribution is 2.76. The van der Waals surface area contributed by atoms with Gasteiger partial charge in [-0.05, 0) is 110 Å². The van der Waals surface area contributed by atoms with E-state index < -0.39 is 28.4 Å². The normalized spacial score (nSPS) is 49.4. The van der Waals surface area contributed by atoms with Gasteiger partial charge in [-0.1, -0.05) is 73.5 Å². The molecule has 226 valence electrons. The van der Waals surface area contributed by atoms with Crippen LogP contribution in [0.25, 0.3) is 0 Å². The van der Waals surface area contributed by atoms with Gasteiger partial charge in [-0.3, -0.25) is 4.79 Å². The molecule has 5 aliphatic rings. The van der Waals surface area contributed by atoms with Crippen LogP contribution in [0.4, 0.5) is 0 Å². The van der Waals surface area contributed by atoms with Crippen LogP contribution in [-0.4, -0.2) is 34.4 Å². The number of fused-ring (bicyclic) bond motifs is 7. The summed E-state index contributed by atoms with van der Waals surface area (Å²) in [5, 5.41) is 22.6. The maximum Gasteiger partial charge on any atom is 0.338 e. The first-order chi connectivity index (χ1) is 18.6. The maximum atomic E-state index is 13.3. The molecule has 0 aromatic heterocycles. The molecule has 4 saturated carbocycles. The van der Waals surface area contributed by atoms with E-state index in [-0.39, 0.29) is 28.1 Å². The molecule has 40 heavy (non-hydrogen) atoms. The number of aliphatic hydroxyl groups is 1. The molecule has 0 aromatic carbocycles. The van der Waals surface area contributed by atoms with E-state index in [2.05, 4.69) is 61.5 Å². The lowest BCUT2D eigenvalue weighted by Crippen LogP contribution is -2.69. The Morgan fingerprint density at radius 3 is 2.30 bits per heavy atom. The van der Waals surface area contributed by atoms with Crippen molar-refractivity contribution in [3.63, 3.8) is 0 Å². The van der Waals surface area contributed by atoms with Crippen LogP contribution >= 0.6 is 0 Å². The van der Waals surface area contributed by atoms with Crippen molar-refractivity contribution >= 4 is 11.9 Å². The largest absolute Gasteiger partial charge is 0.481 e. The SMILES string of the molecule is CCCCOC(=O)[C@]1(O)CC[C@@]2(C)C(CC[C@]3(C)[C@@H]2CC=C2[C@@H]4[C@@H](C)[C@H](C)CC[C@]4(C(=O)O)CC[C@]23C)C1(C)C. The summed E-state index contributed by atoms with van der Waals surface area (Å²) in [7, 11) is 0. The number of rotatable bonds is 5. The van der Waals surface area contributed by atoms with Crippen LogP contribution < -0.4 is 0 Å². The predicted octanol–water partition coefficient (Wildman–Crippen LogP) is 7.80. The lowest BCUT2D eigenvalue weighted by molar-refractivity contribution is -0.242. The molecule has 0 heterocycles. The number of carboxylic acid groups (broad SMARTS) is 1. The second-order valence-corrected chi connectivity index (χ2v) is 16.2. The van der Waals surface area contributed by atoms with Gasteiger partial charge in [0, 0.05) is 5.41 Å². The summed E-state index contributed by atoms with van der Waals surface area (Å²) in [6.45, 7) is 18.7. The monoisotopic (exact) mass is 556 g/mol. The lowest BCUT2D eigenvalue weighted by Gasteiger charge is -2.72. The van der Waals surface area contributed by atoms with Gasteiger partial charge in [0.25, 0.3) is 0 Å². The van der Waals surface area contributed by atoms with E-state index in [0.717, 1.165) is 64.2 Å². The first-order valence-corrected chi connectivity index (χ1v) is 16.4. The Hall–Kier alpha value is -1.36. The standard InChI is InChI=1S/C35H56O5/c1-9-10-21-40-29(38)35(39)20-17-31(6)25(30(35,4)5)14-15-33(8)26(31)12-11-24-27-23(3)22(2)13-16-34(27,28(36)37)19-18-32(24,33)7/h11,22-23,25-27,39H,9-10,12-21H2,1-8H3,(H,36,37)/t22-,23+,25?,26-,27+,31+,32-,33-,34+,35-/m1/s1. The number of ether oxygens (including phenoxy) is 1. The number of carbonyl (C=O) groups excluding carboxylic acids is 1. The van der Waals surface area contributed by atoms with E-state index in [1.165, 1.54) is 5.57 Å². The van der Waals surface area contributed by atoms with Crippen LogP contribution in [0.2, 0.25) is 0 Å². The third-order valence-electron chi connectivity index (χ3n) is 14.7. The van der Waals surface area contributed by atoms with Gasteiger partial charge in [-0.25, -0.2) is 4.79 Å². The molecule has 5 aliphatic carbocycles. The summed E-state index contributed by atoms with van der Waals surface area (Å²) in [5.74, 6) is 0.642. The van der Waals surface area contributed by atoms with Gasteiger partial charge in [0.05, 0.1) is 12.0 Å². The summed E-state index contributed by atoms with van der Waals surface area (Å²) >= 11 is 0. The molecule has 0 aromatic rings. The molecule has 0 spiro atoms. The molecule has 0 aliphatic heterocycles. The number of carboxylic acids is 1. The minimum absolute atomic E-state index is 0.00965. The van der Waals surface area contributed by atoms with Crippen molar-refractivity contribution < 1.29 is 24.5 Å². The van der Waals surface area contributed by atoms with Crippen LogP contribution in [-0.2, 0) is 14.3 Å². The Morgan fingerprint density at radius 1 is 0.950 bits per heavy atom. The van der Waals surface area contributed by atoms with Crippen molar-refractivity contribution in [1.29, 1.82) is 0 Å². The lowest BCUT2D eigenvalue weighted by atomic mass is 9.32. The fourth-order valence-corrected chi connectivity index (χ4v) is 11.6. The second-order valence-electron chi connectivity index (χ2n) is 16.2. The van der Waals surface area contributed by atoms with Gasteiger partial charge >= 0.3 is 11.9 Å². The van der Waals surface area contributed by atoms with E-state index in [4.69, 9.17) is 4.74 Å². The number of esters is 1. The summed E-state index contributed by atoms with van der Waals surface area (Å²) in [5.41, 5.74) is -1.21. The predicted molar refractivity (Wildman–Crippen MR) is 157 cm³/mol. The van der Waals surface area contributed by atoms with Gasteiger partial charge in [0.1, 0.15) is 0 Å². The Morgan fingerprint density at radius 2 is 1.65 bits per heavy atom. The molecule has 0 amide bonds. The molecule has 0 saturated heterocycles. The highest BCUT2D eigenvalue weighted by atomic mass is 16.5. The quantitative estimate of drug-likeness (QED) is 0.205. The average Bonchev–Trinajstić information content (AvgIpc) is 2.89. The summed E-state index contributed by atoms with van der Waals surface area (Å²) < 4.78 is 5.64. The topological polar surface area (TPSA) is 83.8 Å². The minimum atomic E-state index is -1.46. The zero-order valence-electron chi connectivity index (χ0n) is 26.6. The molecule has 5 rings (SSSR count). The number of unbranched alkanes of at least 4 members (excludes halogenated alkanes) is 1. The molecule has 10 atom stereocenters. The molecule has 1 unspecified atom stereocenters. The Kier molecular flexibility index (Phi) is 7.21. The molecular weight excluding hydrogens is 500 g/mol. The number of allylic oxidation sites excluding steroid dienone is 2. The number of carbonyl (C=O) groups is 2. The highest BCUT2D eigenvalue weighted by molar-refractivity contribution is 5.81. The van der Waals surface area contributed by atoms with Crippen LogP contribution in [0.5, 0.6) is 0 Å². The summed E-state index contributed by atoms with van der Waals surface area (Å²) in [4.78, 5) is 26.2. The molecule has 4 fully saturated rings. The number of aliphatic carboxylic acids is 1. The van der Waals surface area contributed by atoms with Gasteiger partial charge in [-0.15, -0.1) is 0 Å². The maximum absolute atomic E-state index is 13.3. The summed E-state index contributed by atoms with van der Waals surface area (Å²) in [6, 6.07) is 0. The third kappa shape index (κ3) is 3.67. The van der Waals surface area contributed by atoms with Crippen molar-refractivity contribution in [3.8, 4) is 0 Å². The Balaban J connectivity index is 1.52. The van der Waals surface area contributed by atoms with Crippen molar-refractivity contribution in [2.45, 2.75) is 132 Å². The van der Waals surface area contributed by atoms with E-state index in [9.17, 15) is 19.8 Å². The van der Waals surface area contributed by atoms with Crippen LogP contribution in [0, 0.1) is 56.7 Å². The number of hydrogen-bond donors (Lipinski definition) is 2. The van der Waals surface area contributed by atoms with Crippen molar-refractivity contribution in [3.05, 3.63) is 11.6 Å². The average molecular weight is 557 g/mol. The molecule has 5 heteroatoms. The summed E-state index contributed by atoms with van der Waals surface area (Å²) in [6.07, 6.45) is 12.0. The van der Waals surface area contributed by atoms with E-state index in [1.54, 1.807) is 0 Å². The molecule has 5 nitrogen and oxygen atoms in total. The Labute approximate surface area is 242 Å². The zero-order chi connectivity index (χ0) is 29.5. The molecule has 0 radical (unpaired) electrons. The van der Waals surface area contributed by atoms with Gasteiger partial charge in [0.15, 0.2) is 5.60 Å². The van der Waals surface area contributed by atoms with Crippen molar-refractivity contribution in [1.82, 2.24) is 0 Å². The molecule has 0 bridgehead atoms. The van der Waals surface area contributed by atoms with Gasteiger partial charge < -0.3 is 14.9 Å². The van der Waals surface area contributed by atoms with E-state index >= 15 is 0 Å². The van der Waals surface area contributed by atoms with Gasteiger partial charge in [-0.2, -0.15) is 0 Å². The fourth-order valence-electron chi connectivity index (χ4n) is 11.6. The van der Waals surface area contributed by atoms with Gasteiger partial charge in [0.2, 0.25) is 0 Å². The molecule has 2 N–H and O–H groups in total. The van der Waals surface area contributed by atoms with Crippen LogP contribution in [0.1, 0.15) is 126 Å². The zero-order valence-corrected chi connectivity index (χ0v) is 26.6. The first kappa shape index (κ1) is 30.1. The smallest absolute Gasteiger partial charge is 0.338 e. The van der Waals surface area contributed by atoms with Crippen LogP contribution in [0.3, 0.4) is 0 Å². The van der Waals surface area contributed by atoms with Crippen LogP contribution in [0.15, 0.2) is 11.6 Å². The highest BCUT2D eigenvalue weighted by Gasteiger charge is 2.72. The third-order valence-corrected chi connectivity index (χ3v) is 14.7. The number of hydrogen-bond acceptors (Lipinski definition) is 4. The van der Waals surface area contributed by atoms with Crippen molar-refractivity contribution in [2.75, 3.05) is 6.61 Å². The fraction of sp³-hybridized carbons (Fsp3) is 0.886. The van der Waals surface area contributed by atoms with Crippen molar-refractivity contribution in [2.24, 2.45) is 56.7 Å². The minimum Gasteiger partial charge on any atom is -0.481 e. The Bertz CT molecular complexity index is 1080. The second kappa shape index (κ2) is 9.58.